The Bertz CT molecular complexity index is 291. The minimum absolute atomic E-state index is 0.148. The molecule has 0 radical (unpaired) electrons. The molecular weight excluding hydrogens is 204 g/mol. The van der Waals surface area contributed by atoms with Gasteiger partial charge < -0.3 is 5.32 Å². The molecule has 90 valence electrons. The van der Waals surface area contributed by atoms with Gasteiger partial charge in [-0.2, -0.15) is 0 Å². The highest BCUT2D eigenvalue weighted by Gasteiger charge is 2.33. The van der Waals surface area contributed by atoms with Crippen molar-refractivity contribution in [2.24, 2.45) is 5.92 Å². The fourth-order valence-electron chi connectivity index (χ4n) is 2.79. The Labute approximate surface area is 96.2 Å². The molecule has 2 rings (SSSR count). The molecule has 3 atom stereocenters. The predicted octanol–water partition coefficient (Wildman–Crippen LogP) is 0.960. The van der Waals surface area contributed by atoms with Crippen LogP contribution in [0, 0.1) is 5.92 Å². The van der Waals surface area contributed by atoms with Gasteiger partial charge in [0.1, 0.15) is 0 Å². The molecule has 2 fully saturated rings. The van der Waals surface area contributed by atoms with Crippen molar-refractivity contribution in [1.29, 1.82) is 0 Å². The van der Waals surface area contributed by atoms with Gasteiger partial charge >= 0.3 is 0 Å². The lowest BCUT2D eigenvalue weighted by Crippen LogP contribution is -2.44. The molecule has 1 aliphatic carbocycles. The van der Waals surface area contributed by atoms with Crippen LogP contribution in [0.2, 0.25) is 0 Å². The first-order chi connectivity index (χ1) is 7.69. The number of carbonyl (C=O) groups is 2. The van der Waals surface area contributed by atoms with Gasteiger partial charge in [-0.05, 0) is 18.8 Å². The molecule has 2 amide bonds. The van der Waals surface area contributed by atoms with E-state index in [2.05, 4.69) is 17.6 Å². The molecule has 1 heterocycles. The summed E-state index contributed by atoms with van der Waals surface area (Å²) in [6.07, 6.45) is 6.35. The monoisotopic (exact) mass is 224 g/mol. The summed E-state index contributed by atoms with van der Waals surface area (Å²) in [7, 11) is 0. The molecule has 1 saturated carbocycles. The minimum atomic E-state index is -0.284. The van der Waals surface area contributed by atoms with Gasteiger partial charge in [-0.1, -0.05) is 26.2 Å². The smallest absolute Gasteiger partial charge is 0.244 e. The summed E-state index contributed by atoms with van der Waals surface area (Å²) in [5, 5.41) is 5.67. The van der Waals surface area contributed by atoms with Crippen molar-refractivity contribution < 1.29 is 9.59 Å². The summed E-state index contributed by atoms with van der Waals surface area (Å²) in [6.45, 7) is 2.22. The Kier molecular flexibility index (Phi) is 3.59. The van der Waals surface area contributed by atoms with Gasteiger partial charge in [-0.15, -0.1) is 0 Å². The minimum Gasteiger partial charge on any atom is -0.303 e. The molecule has 16 heavy (non-hydrogen) atoms. The topological polar surface area (TPSA) is 58.2 Å². The van der Waals surface area contributed by atoms with Gasteiger partial charge in [-0.25, -0.2) is 0 Å². The third-order valence-corrected chi connectivity index (χ3v) is 3.77. The molecule has 0 aromatic carbocycles. The quantitative estimate of drug-likeness (QED) is 0.702. The molecule has 4 nitrogen and oxygen atoms in total. The number of imide groups is 1. The van der Waals surface area contributed by atoms with Crippen LogP contribution in [0.3, 0.4) is 0 Å². The van der Waals surface area contributed by atoms with E-state index in [4.69, 9.17) is 0 Å². The maximum Gasteiger partial charge on any atom is 0.244 e. The van der Waals surface area contributed by atoms with Crippen molar-refractivity contribution in [2.75, 3.05) is 0 Å². The van der Waals surface area contributed by atoms with Crippen molar-refractivity contribution in [1.82, 2.24) is 10.6 Å². The first-order valence-electron chi connectivity index (χ1n) is 6.28. The zero-order valence-corrected chi connectivity index (χ0v) is 9.79. The van der Waals surface area contributed by atoms with E-state index in [1.807, 2.05) is 0 Å². The van der Waals surface area contributed by atoms with Crippen molar-refractivity contribution in [3.8, 4) is 0 Å². The molecule has 2 N–H and O–H groups in total. The fraction of sp³-hybridized carbons (Fsp3) is 0.833. The van der Waals surface area contributed by atoms with Crippen LogP contribution >= 0.6 is 0 Å². The summed E-state index contributed by atoms with van der Waals surface area (Å²) < 4.78 is 0. The van der Waals surface area contributed by atoms with E-state index in [1.54, 1.807) is 0 Å². The Morgan fingerprint density at radius 3 is 2.81 bits per heavy atom. The van der Waals surface area contributed by atoms with E-state index in [0.29, 0.717) is 12.5 Å². The van der Waals surface area contributed by atoms with Gasteiger partial charge in [0.05, 0.1) is 12.5 Å². The Morgan fingerprint density at radius 1 is 1.38 bits per heavy atom. The molecule has 0 spiro atoms. The molecule has 4 heteroatoms. The van der Waals surface area contributed by atoms with Crippen LogP contribution in [-0.2, 0) is 9.59 Å². The maximum atomic E-state index is 11.4. The zero-order chi connectivity index (χ0) is 11.5. The second-order valence-electron chi connectivity index (χ2n) is 4.97. The summed E-state index contributed by atoms with van der Waals surface area (Å²) in [5.74, 6) is 0.486. The fourth-order valence-corrected chi connectivity index (χ4v) is 2.79. The van der Waals surface area contributed by atoms with E-state index in [9.17, 15) is 9.59 Å². The van der Waals surface area contributed by atoms with Gasteiger partial charge in [0.15, 0.2) is 0 Å². The number of nitrogens with one attached hydrogen (secondary N) is 2. The average molecular weight is 224 g/mol. The van der Waals surface area contributed by atoms with Crippen molar-refractivity contribution in [3.63, 3.8) is 0 Å². The standard InChI is InChI=1S/C12H20N2O2/c1-2-8-4-3-5-9(6-8)13-10-7-11(15)14-12(10)16/h8-10,13H,2-7H2,1H3,(H,14,15,16). The number of hydrogen-bond acceptors (Lipinski definition) is 3. The Morgan fingerprint density at radius 2 is 2.19 bits per heavy atom. The van der Waals surface area contributed by atoms with Crippen molar-refractivity contribution in [3.05, 3.63) is 0 Å². The average Bonchev–Trinajstić information content (AvgIpc) is 2.58. The summed E-state index contributed by atoms with van der Waals surface area (Å²) in [6, 6.07) is 0.133. The number of rotatable bonds is 3. The number of hydrogen-bond donors (Lipinski definition) is 2. The van der Waals surface area contributed by atoms with Crippen LogP contribution < -0.4 is 10.6 Å². The SMILES string of the molecule is CCC1CCCC(NC2CC(=O)NC2=O)C1. The summed E-state index contributed by atoms with van der Waals surface area (Å²) in [5.41, 5.74) is 0. The Balaban J connectivity index is 1.85. The van der Waals surface area contributed by atoms with Gasteiger partial charge in [-0.3, -0.25) is 14.9 Å². The third-order valence-electron chi connectivity index (χ3n) is 3.77. The van der Waals surface area contributed by atoms with E-state index in [-0.39, 0.29) is 17.9 Å². The van der Waals surface area contributed by atoms with Gasteiger partial charge in [0.2, 0.25) is 11.8 Å². The van der Waals surface area contributed by atoms with E-state index >= 15 is 0 Å². The summed E-state index contributed by atoms with van der Waals surface area (Å²) in [4.78, 5) is 22.5. The van der Waals surface area contributed by atoms with E-state index < -0.39 is 0 Å². The lowest BCUT2D eigenvalue weighted by molar-refractivity contribution is -0.125. The van der Waals surface area contributed by atoms with Crippen LogP contribution in [-0.4, -0.2) is 23.9 Å². The van der Waals surface area contributed by atoms with Crippen molar-refractivity contribution >= 4 is 11.8 Å². The highest BCUT2D eigenvalue weighted by Crippen LogP contribution is 2.27. The van der Waals surface area contributed by atoms with Crippen molar-refractivity contribution in [2.45, 2.75) is 57.5 Å². The first kappa shape index (κ1) is 11.6. The van der Waals surface area contributed by atoms with Crippen LogP contribution in [0.5, 0.6) is 0 Å². The molecule has 0 aromatic rings. The van der Waals surface area contributed by atoms with Crippen LogP contribution in [0.1, 0.15) is 45.4 Å². The lowest BCUT2D eigenvalue weighted by atomic mass is 9.84. The Hall–Kier alpha value is -0.900. The van der Waals surface area contributed by atoms with Crippen LogP contribution in [0.4, 0.5) is 0 Å². The van der Waals surface area contributed by atoms with E-state index in [1.165, 1.54) is 19.3 Å². The highest BCUT2D eigenvalue weighted by molar-refractivity contribution is 6.05. The van der Waals surface area contributed by atoms with Gasteiger partial charge in [0.25, 0.3) is 0 Å². The lowest BCUT2D eigenvalue weighted by Gasteiger charge is -2.30. The van der Waals surface area contributed by atoms with Crippen LogP contribution in [0.25, 0.3) is 0 Å². The molecule has 0 bridgehead atoms. The highest BCUT2D eigenvalue weighted by atomic mass is 16.2. The molecular formula is C12H20N2O2. The number of amides is 2. The second kappa shape index (κ2) is 4.95. The van der Waals surface area contributed by atoms with Gasteiger partial charge in [0, 0.05) is 6.04 Å². The molecule has 3 unspecified atom stereocenters. The molecule has 0 aromatic heterocycles. The first-order valence-corrected chi connectivity index (χ1v) is 6.28. The second-order valence-corrected chi connectivity index (χ2v) is 4.97. The summed E-state index contributed by atoms with van der Waals surface area (Å²) >= 11 is 0. The predicted molar refractivity (Wildman–Crippen MR) is 60.7 cm³/mol. The molecule has 2 aliphatic rings. The number of carbonyl (C=O) groups excluding carboxylic acids is 2. The van der Waals surface area contributed by atoms with Crippen LogP contribution in [0.15, 0.2) is 0 Å². The largest absolute Gasteiger partial charge is 0.303 e. The molecule has 1 aliphatic heterocycles. The zero-order valence-electron chi connectivity index (χ0n) is 9.79. The third kappa shape index (κ3) is 2.61. The van der Waals surface area contributed by atoms with E-state index in [0.717, 1.165) is 18.8 Å². The maximum absolute atomic E-state index is 11.4. The molecule has 1 saturated heterocycles. The normalized spacial score (nSPS) is 35.2.